The molecule has 0 spiro atoms. The third-order valence-electron chi connectivity index (χ3n) is 5.57. The first-order valence-electron chi connectivity index (χ1n) is 10.5. The molecule has 13 heteroatoms. The number of carbonyl (C=O) groups excluding carboxylic acids is 1. The molecule has 1 amide bonds. The number of hydrogen-bond acceptors (Lipinski definition) is 9. The molecule has 2 aromatic carbocycles. The van der Waals surface area contributed by atoms with E-state index in [2.05, 4.69) is 15.6 Å². The second-order valence-corrected chi connectivity index (χ2v) is 10.1. The summed E-state index contributed by atoms with van der Waals surface area (Å²) in [6.45, 7) is 0.525. The minimum Gasteiger partial charge on any atom is -0.394 e. The van der Waals surface area contributed by atoms with Crippen LogP contribution >= 0.6 is 0 Å². The lowest BCUT2D eigenvalue weighted by molar-refractivity contribution is -0.180. The molecule has 1 aromatic heterocycles. The minimum absolute atomic E-state index is 0.218. The number of nitrogens with one attached hydrogen (secondary N) is 1. The number of aliphatic hydroxyl groups is 3. The molecule has 3 aromatic rings. The fraction of sp³-hybridized carbons (Fsp3) is 0.318. The van der Waals surface area contributed by atoms with Gasteiger partial charge in [0.25, 0.3) is 0 Å². The molecule has 0 radical (unpaired) electrons. The van der Waals surface area contributed by atoms with E-state index >= 15 is 0 Å². The van der Waals surface area contributed by atoms with Gasteiger partial charge in [-0.3, -0.25) is 4.79 Å². The van der Waals surface area contributed by atoms with Gasteiger partial charge < -0.3 is 25.4 Å². The summed E-state index contributed by atoms with van der Waals surface area (Å²) in [5.41, 5.74) is -1.07. The normalized spacial score (nSPS) is 24.8. The number of nitrogens with zero attached hydrogens (tertiary/aromatic N) is 3. The molecule has 186 valence electrons. The molecule has 5 atom stereocenters. The zero-order valence-corrected chi connectivity index (χ0v) is 19.2. The molecule has 4 rings (SSSR count). The molecule has 2 heterocycles. The van der Waals surface area contributed by atoms with E-state index in [4.69, 9.17) is 4.74 Å². The highest BCUT2D eigenvalue weighted by Crippen LogP contribution is 2.35. The van der Waals surface area contributed by atoms with E-state index in [1.54, 1.807) is 6.07 Å². The molecule has 0 saturated carbocycles. The Bertz CT molecular complexity index is 1330. The summed E-state index contributed by atoms with van der Waals surface area (Å²) < 4.78 is 46.9. The molecular weight excluding hydrogens is 483 g/mol. The topological polar surface area (TPSA) is 164 Å². The number of benzene rings is 2. The smallest absolute Gasteiger partial charge is 0.221 e. The SMILES string of the molecule is CC(=O)Nc1cccc(S(=O)(=O)[C@@H]2O[C@H](CO)[C@H](O)[C@H](n3cc(-c4cccc(F)c4)nn3)[C@H]2O)c1. The third kappa shape index (κ3) is 4.94. The average molecular weight is 507 g/mol. The summed E-state index contributed by atoms with van der Waals surface area (Å²) in [5.74, 6) is -0.909. The summed E-state index contributed by atoms with van der Waals surface area (Å²) in [5, 5.41) is 41.8. The van der Waals surface area contributed by atoms with Gasteiger partial charge in [-0.15, -0.1) is 5.10 Å². The number of amides is 1. The second kappa shape index (κ2) is 9.79. The maximum atomic E-state index is 13.6. The molecule has 11 nitrogen and oxygen atoms in total. The van der Waals surface area contributed by atoms with Crippen molar-refractivity contribution >= 4 is 21.4 Å². The van der Waals surface area contributed by atoms with E-state index in [0.717, 1.165) is 4.68 Å². The van der Waals surface area contributed by atoms with Gasteiger partial charge in [0.15, 0.2) is 5.44 Å². The monoisotopic (exact) mass is 506 g/mol. The van der Waals surface area contributed by atoms with Crippen molar-refractivity contribution < 1.29 is 37.7 Å². The Morgan fingerprint density at radius 2 is 1.91 bits per heavy atom. The van der Waals surface area contributed by atoms with Crippen LogP contribution in [0, 0.1) is 5.82 Å². The Labute approximate surface area is 199 Å². The second-order valence-electron chi connectivity index (χ2n) is 8.05. The third-order valence-corrected chi connectivity index (χ3v) is 7.49. The van der Waals surface area contributed by atoms with Gasteiger partial charge in [-0.2, -0.15) is 0 Å². The van der Waals surface area contributed by atoms with E-state index in [1.165, 1.54) is 55.6 Å². The van der Waals surface area contributed by atoms with Crippen LogP contribution in [-0.4, -0.2) is 75.0 Å². The van der Waals surface area contributed by atoms with Crippen molar-refractivity contribution in [3.05, 3.63) is 60.5 Å². The van der Waals surface area contributed by atoms with Crippen LogP contribution in [0.3, 0.4) is 0 Å². The number of sulfone groups is 1. The number of rotatable bonds is 6. The predicted octanol–water partition coefficient (Wildman–Crippen LogP) is 0.497. The van der Waals surface area contributed by atoms with Crippen LogP contribution in [0.25, 0.3) is 11.3 Å². The van der Waals surface area contributed by atoms with Crippen molar-refractivity contribution in [2.45, 2.75) is 41.6 Å². The van der Waals surface area contributed by atoms with Crippen LogP contribution in [0.2, 0.25) is 0 Å². The standard InChI is InChI=1S/C22H23FN4O7S/c1-12(29)24-15-6-3-7-16(9-15)35(32,33)22-21(31)19(20(30)18(11-28)34-22)27-10-17(25-26-27)13-4-2-5-14(23)8-13/h2-10,18-22,28,30-31H,11H2,1H3,(H,24,29)/t18-,19+,20+,21-,22+/m1/s1. The lowest BCUT2D eigenvalue weighted by atomic mass is 9.97. The van der Waals surface area contributed by atoms with Crippen molar-refractivity contribution in [2.24, 2.45) is 0 Å². The van der Waals surface area contributed by atoms with Gasteiger partial charge in [-0.1, -0.05) is 23.4 Å². The van der Waals surface area contributed by atoms with Crippen molar-refractivity contribution in [1.29, 1.82) is 0 Å². The number of halogens is 1. The lowest BCUT2D eigenvalue weighted by Gasteiger charge is -2.41. The average Bonchev–Trinajstić information content (AvgIpc) is 3.29. The van der Waals surface area contributed by atoms with Crippen LogP contribution < -0.4 is 5.32 Å². The Kier molecular flexibility index (Phi) is 6.96. The quantitative estimate of drug-likeness (QED) is 0.373. The Morgan fingerprint density at radius 3 is 2.60 bits per heavy atom. The molecule has 1 aliphatic heterocycles. The Balaban J connectivity index is 1.70. The fourth-order valence-electron chi connectivity index (χ4n) is 3.93. The highest BCUT2D eigenvalue weighted by Gasteiger charge is 2.51. The molecule has 0 bridgehead atoms. The summed E-state index contributed by atoms with van der Waals surface area (Å²) in [7, 11) is -4.38. The molecule has 35 heavy (non-hydrogen) atoms. The summed E-state index contributed by atoms with van der Waals surface area (Å²) in [6.07, 6.45) is -3.42. The van der Waals surface area contributed by atoms with Gasteiger partial charge in [-0.05, 0) is 30.3 Å². The summed E-state index contributed by atoms with van der Waals surface area (Å²) >= 11 is 0. The molecule has 1 aliphatic rings. The first-order chi connectivity index (χ1) is 16.6. The summed E-state index contributed by atoms with van der Waals surface area (Å²) in [4.78, 5) is 11.1. The van der Waals surface area contributed by atoms with Gasteiger partial charge in [0.1, 0.15) is 35.9 Å². The van der Waals surface area contributed by atoms with Crippen molar-refractivity contribution in [3.63, 3.8) is 0 Å². The van der Waals surface area contributed by atoms with E-state index < -0.39 is 58.0 Å². The van der Waals surface area contributed by atoms with E-state index in [-0.39, 0.29) is 16.3 Å². The van der Waals surface area contributed by atoms with E-state index in [0.29, 0.717) is 5.56 Å². The van der Waals surface area contributed by atoms with E-state index in [9.17, 15) is 32.9 Å². The van der Waals surface area contributed by atoms with Crippen molar-refractivity contribution in [1.82, 2.24) is 15.0 Å². The Morgan fingerprint density at radius 1 is 1.17 bits per heavy atom. The minimum atomic E-state index is -4.38. The molecule has 1 fully saturated rings. The fourth-order valence-corrected chi connectivity index (χ4v) is 5.57. The molecular formula is C22H23FN4O7S. The zero-order chi connectivity index (χ0) is 25.3. The maximum Gasteiger partial charge on any atom is 0.221 e. The van der Waals surface area contributed by atoms with Crippen LogP contribution in [0.5, 0.6) is 0 Å². The van der Waals surface area contributed by atoms with E-state index in [1.807, 2.05) is 0 Å². The largest absolute Gasteiger partial charge is 0.394 e. The number of hydrogen-bond donors (Lipinski definition) is 4. The van der Waals surface area contributed by atoms with Crippen LogP contribution in [0.4, 0.5) is 10.1 Å². The highest BCUT2D eigenvalue weighted by atomic mass is 32.2. The molecule has 0 aliphatic carbocycles. The van der Waals surface area contributed by atoms with Gasteiger partial charge in [0.05, 0.1) is 17.7 Å². The molecule has 1 saturated heterocycles. The highest BCUT2D eigenvalue weighted by molar-refractivity contribution is 7.92. The number of carbonyl (C=O) groups is 1. The van der Waals surface area contributed by atoms with Crippen LogP contribution in [0.15, 0.2) is 59.6 Å². The van der Waals surface area contributed by atoms with Crippen LogP contribution in [-0.2, 0) is 19.4 Å². The van der Waals surface area contributed by atoms with Gasteiger partial charge in [-0.25, -0.2) is 17.5 Å². The number of ether oxygens (including phenoxy) is 1. The zero-order valence-electron chi connectivity index (χ0n) is 18.4. The van der Waals surface area contributed by atoms with Crippen molar-refractivity contribution in [3.8, 4) is 11.3 Å². The van der Waals surface area contributed by atoms with Crippen molar-refractivity contribution in [2.75, 3.05) is 11.9 Å². The van der Waals surface area contributed by atoms with Gasteiger partial charge >= 0.3 is 0 Å². The lowest BCUT2D eigenvalue weighted by Crippen LogP contribution is -2.58. The summed E-state index contributed by atoms with van der Waals surface area (Å²) in [6, 6.07) is 9.53. The van der Waals surface area contributed by atoms with Gasteiger partial charge in [0.2, 0.25) is 15.7 Å². The maximum absolute atomic E-state index is 13.6. The first-order valence-corrected chi connectivity index (χ1v) is 12.1. The number of anilines is 1. The Hall–Kier alpha value is -3.23. The van der Waals surface area contributed by atoms with Crippen LogP contribution in [0.1, 0.15) is 13.0 Å². The number of aliphatic hydroxyl groups excluding tert-OH is 3. The van der Waals surface area contributed by atoms with Gasteiger partial charge in [0, 0.05) is 18.2 Å². The first kappa shape index (κ1) is 24.9. The molecule has 4 N–H and O–H groups in total. The molecule has 0 unspecified atom stereocenters. The number of aromatic nitrogens is 3. The predicted molar refractivity (Wildman–Crippen MR) is 120 cm³/mol.